The van der Waals surface area contributed by atoms with Crippen LogP contribution in [0.4, 0.5) is 5.69 Å². The van der Waals surface area contributed by atoms with Crippen molar-refractivity contribution in [3.8, 4) is 0 Å². The second-order valence-electron chi connectivity index (χ2n) is 6.73. The smallest absolute Gasteiger partial charge is 0.264 e. The van der Waals surface area contributed by atoms with E-state index in [4.69, 9.17) is 12.2 Å². The van der Waals surface area contributed by atoms with E-state index in [2.05, 4.69) is 10.6 Å². The molecule has 0 aliphatic heterocycles. The van der Waals surface area contributed by atoms with Crippen LogP contribution in [-0.2, 0) is 19.6 Å². The number of anilines is 1. The number of carbonyl (C=O) groups is 2. The molecule has 9 heteroatoms. The first-order chi connectivity index (χ1) is 12.8. The van der Waals surface area contributed by atoms with Crippen LogP contribution < -0.4 is 15.4 Å². The number of nitrogens with one attached hydrogen (secondary N) is 3. The molecule has 3 N–H and O–H groups in total. The standard InChI is InChI=1S/C18H25N3O4S2/c1-13(22)21-27(24,25)16-10-8-15(9-11-16)19-18(26)20-17(23)12-7-14-5-3-2-4-6-14/h8-11,14H,2-7,12H2,1H3,(H,21,22)(H2,19,20,23,26). The van der Waals surface area contributed by atoms with Crippen LogP contribution in [0.2, 0.25) is 0 Å². The molecule has 0 aromatic heterocycles. The summed E-state index contributed by atoms with van der Waals surface area (Å²) in [6, 6.07) is 5.71. The molecule has 0 radical (unpaired) electrons. The Bertz CT molecular complexity index is 785. The van der Waals surface area contributed by atoms with Gasteiger partial charge in [-0.2, -0.15) is 0 Å². The van der Waals surface area contributed by atoms with E-state index in [1.165, 1.54) is 56.4 Å². The van der Waals surface area contributed by atoms with Crippen molar-refractivity contribution in [1.82, 2.24) is 10.0 Å². The van der Waals surface area contributed by atoms with Gasteiger partial charge in [-0.05, 0) is 48.8 Å². The maximum atomic E-state index is 12.0. The van der Waals surface area contributed by atoms with Crippen LogP contribution in [-0.4, -0.2) is 25.3 Å². The summed E-state index contributed by atoms with van der Waals surface area (Å²) in [5.74, 6) is -0.151. The van der Waals surface area contributed by atoms with Gasteiger partial charge in [0.1, 0.15) is 0 Å². The number of hydrogen-bond donors (Lipinski definition) is 3. The molecule has 1 aliphatic rings. The minimum Gasteiger partial charge on any atom is -0.332 e. The zero-order valence-electron chi connectivity index (χ0n) is 15.3. The van der Waals surface area contributed by atoms with Gasteiger partial charge in [0.15, 0.2) is 5.11 Å². The van der Waals surface area contributed by atoms with Gasteiger partial charge in [-0.25, -0.2) is 13.1 Å². The van der Waals surface area contributed by atoms with Crippen LogP contribution in [0.5, 0.6) is 0 Å². The molecular formula is C18H25N3O4S2. The maximum absolute atomic E-state index is 12.0. The van der Waals surface area contributed by atoms with Gasteiger partial charge < -0.3 is 10.6 Å². The van der Waals surface area contributed by atoms with E-state index in [0.717, 1.165) is 13.3 Å². The molecule has 0 heterocycles. The van der Waals surface area contributed by atoms with Crippen molar-refractivity contribution in [2.24, 2.45) is 5.92 Å². The molecule has 2 rings (SSSR count). The predicted molar refractivity (Wildman–Crippen MR) is 108 cm³/mol. The van der Waals surface area contributed by atoms with Gasteiger partial charge in [-0.1, -0.05) is 32.1 Å². The zero-order valence-corrected chi connectivity index (χ0v) is 16.9. The molecule has 0 bridgehead atoms. The summed E-state index contributed by atoms with van der Waals surface area (Å²) in [6.07, 6.45) is 7.51. The third kappa shape index (κ3) is 7.26. The van der Waals surface area contributed by atoms with E-state index in [1.807, 2.05) is 4.72 Å². The fourth-order valence-electron chi connectivity index (χ4n) is 3.13. The molecule has 2 amide bonds. The molecule has 27 heavy (non-hydrogen) atoms. The average Bonchev–Trinajstić information content (AvgIpc) is 2.60. The van der Waals surface area contributed by atoms with Crippen molar-refractivity contribution in [2.45, 2.75) is 56.8 Å². The maximum Gasteiger partial charge on any atom is 0.264 e. The number of sulfonamides is 1. The van der Waals surface area contributed by atoms with E-state index in [9.17, 15) is 18.0 Å². The van der Waals surface area contributed by atoms with E-state index in [1.54, 1.807) is 0 Å². The Balaban J connectivity index is 1.81. The largest absolute Gasteiger partial charge is 0.332 e. The highest BCUT2D eigenvalue weighted by molar-refractivity contribution is 7.90. The van der Waals surface area contributed by atoms with Crippen LogP contribution in [0.25, 0.3) is 0 Å². The lowest BCUT2D eigenvalue weighted by molar-refractivity contribution is -0.120. The Morgan fingerprint density at radius 3 is 2.33 bits per heavy atom. The monoisotopic (exact) mass is 411 g/mol. The Morgan fingerprint density at radius 1 is 1.11 bits per heavy atom. The Kier molecular flexibility index (Phi) is 7.73. The molecule has 1 saturated carbocycles. The van der Waals surface area contributed by atoms with Crippen LogP contribution >= 0.6 is 12.2 Å². The van der Waals surface area contributed by atoms with Gasteiger partial charge >= 0.3 is 0 Å². The average molecular weight is 412 g/mol. The topological polar surface area (TPSA) is 104 Å². The van der Waals surface area contributed by atoms with Crippen molar-refractivity contribution in [2.75, 3.05) is 5.32 Å². The second kappa shape index (κ2) is 9.80. The van der Waals surface area contributed by atoms with Crippen molar-refractivity contribution in [3.63, 3.8) is 0 Å². The number of thiocarbonyl (C=S) groups is 1. The SMILES string of the molecule is CC(=O)NS(=O)(=O)c1ccc(NC(=S)NC(=O)CCC2CCCCC2)cc1. The molecule has 0 unspecified atom stereocenters. The summed E-state index contributed by atoms with van der Waals surface area (Å²) in [4.78, 5) is 22.9. The Hall–Kier alpha value is -2.00. The summed E-state index contributed by atoms with van der Waals surface area (Å²) in [5.41, 5.74) is 0.536. The van der Waals surface area contributed by atoms with Gasteiger partial charge in [0.2, 0.25) is 11.8 Å². The number of benzene rings is 1. The molecule has 0 atom stereocenters. The molecule has 0 spiro atoms. The van der Waals surface area contributed by atoms with E-state index in [-0.39, 0.29) is 15.9 Å². The number of carbonyl (C=O) groups excluding carboxylic acids is 2. The van der Waals surface area contributed by atoms with Crippen molar-refractivity contribution >= 4 is 44.9 Å². The van der Waals surface area contributed by atoms with Crippen LogP contribution in [0.3, 0.4) is 0 Å². The lowest BCUT2D eigenvalue weighted by Crippen LogP contribution is -2.34. The van der Waals surface area contributed by atoms with E-state index in [0.29, 0.717) is 18.0 Å². The highest BCUT2D eigenvalue weighted by Crippen LogP contribution is 2.27. The summed E-state index contributed by atoms with van der Waals surface area (Å²) in [5, 5.41) is 5.66. The summed E-state index contributed by atoms with van der Waals surface area (Å²) in [7, 11) is -3.87. The highest BCUT2D eigenvalue weighted by Gasteiger charge is 2.16. The highest BCUT2D eigenvalue weighted by atomic mass is 32.2. The normalized spacial score (nSPS) is 15.0. The lowest BCUT2D eigenvalue weighted by Gasteiger charge is -2.21. The van der Waals surface area contributed by atoms with Crippen LogP contribution in [0.15, 0.2) is 29.2 Å². The molecule has 1 aromatic rings. The minimum atomic E-state index is -3.87. The number of hydrogen-bond acceptors (Lipinski definition) is 5. The van der Waals surface area contributed by atoms with Crippen LogP contribution in [0, 0.1) is 5.92 Å². The van der Waals surface area contributed by atoms with Gasteiger partial charge in [0, 0.05) is 19.0 Å². The van der Waals surface area contributed by atoms with Gasteiger partial charge in [-0.3, -0.25) is 9.59 Å². The molecule has 0 saturated heterocycles. The molecule has 1 aromatic carbocycles. The zero-order chi connectivity index (χ0) is 19.9. The van der Waals surface area contributed by atoms with Crippen molar-refractivity contribution in [1.29, 1.82) is 0 Å². The molecule has 1 aliphatic carbocycles. The Morgan fingerprint density at radius 2 is 1.74 bits per heavy atom. The molecule has 7 nitrogen and oxygen atoms in total. The summed E-state index contributed by atoms with van der Waals surface area (Å²) >= 11 is 5.13. The number of rotatable bonds is 6. The minimum absolute atomic E-state index is 0.0364. The van der Waals surface area contributed by atoms with E-state index >= 15 is 0 Å². The fourth-order valence-corrected chi connectivity index (χ4v) is 4.35. The fraction of sp³-hybridized carbons (Fsp3) is 0.500. The second-order valence-corrected chi connectivity index (χ2v) is 8.82. The number of amides is 2. The van der Waals surface area contributed by atoms with Crippen LogP contribution in [0.1, 0.15) is 51.9 Å². The van der Waals surface area contributed by atoms with Gasteiger partial charge in [0.05, 0.1) is 4.90 Å². The molecular weight excluding hydrogens is 386 g/mol. The third-order valence-corrected chi connectivity index (χ3v) is 6.11. The quantitative estimate of drug-likeness (QED) is 0.622. The summed E-state index contributed by atoms with van der Waals surface area (Å²) < 4.78 is 25.7. The van der Waals surface area contributed by atoms with Gasteiger partial charge in [0.25, 0.3) is 10.0 Å². The lowest BCUT2D eigenvalue weighted by atomic mass is 9.86. The summed E-state index contributed by atoms with van der Waals surface area (Å²) in [6.45, 7) is 1.13. The first-order valence-electron chi connectivity index (χ1n) is 9.00. The molecule has 148 valence electrons. The van der Waals surface area contributed by atoms with Gasteiger partial charge in [-0.15, -0.1) is 0 Å². The molecule has 1 fully saturated rings. The van der Waals surface area contributed by atoms with Crippen molar-refractivity contribution < 1.29 is 18.0 Å². The first kappa shape index (κ1) is 21.3. The van der Waals surface area contributed by atoms with E-state index < -0.39 is 15.9 Å². The van der Waals surface area contributed by atoms with Crippen molar-refractivity contribution in [3.05, 3.63) is 24.3 Å². The third-order valence-electron chi connectivity index (χ3n) is 4.46. The Labute approximate surface area is 165 Å². The predicted octanol–water partition coefficient (Wildman–Crippen LogP) is 2.68. The first-order valence-corrected chi connectivity index (χ1v) is 10.9.